The van der Waals surface area contributed by atoms with Gasteiger partial charge in [-0.05, 0) is 26.8 Å². The molecule has 1 fully saturated rings. The summed E-state index contributed by atoms with van der Waals surface area (Å²) in [4.78, 5) is 26.3. The second kappa shape index (κ2) is 12.0. The third kappa shape index (κ3) is 11.7. The van der Waals surface area contributed by atoms with Crippen LogP contribution >= 0.6 is 0 Å². The summed E-state index contributed by atoms with van der Waals surface area (Å²) in [6.07, 6.45) is 3.86. The molecule has 0 radical (unpaired) electrons. The molecule has 0 aromatic rings. The van der Waals surface area contributed by atoms with Gasteiger partial charge in [0, 0.05) is 52.9 Å². The number of allylic oxidation sites excluding steroid dienone is 1. The van der Waals surface area contributed by atoms with Gasteiger partial charge < -0.3 is 15.2 Å². The first-order chi connectivity index (χ1) is 10.9. The van der Waals surface area contributed by atoms with E-state index in [9.17, 15) is 9.59 Å². The van der Waals surface area contributed by atoms with Crippen LogP contribution in [0, 0.1) is 0 Å². The highest BCUT2D eigenvalue weighted by Crippen LogP contribution is 2.06. The average molecular weight is 329 g/mol. The predicted molar refractivity (Wildman–Crippen MR) is 90.5 cm³/mol. The zero-order chi connectivity index (χ0) is 17.7. The zero-order valence-electron chi connectivity index (χ0n) is 14.7. The molecule has 1 amide bonds. The highest BCUT2D eigenvalue weighted by molar-refractivity contribution is 5.67. The number of nitrogens with one attached hydrogen (secondary N) is 1. The minimum Gasteiger partial charge on any atom is -0.444 e. The molecule has 7 nitrogen and oxygen atoms in total. The van der Waals surface area contributed by atoms with Gasteiger partial charge in [0.05, 0.1) is 0 Å². The molecule has 0 aromatic heterocycles. The maximum absolute atomic E-state index is 11.5. The first-order valence-corrected chi connectivity index (χ1v) is 7.87. The molecule has 1 aliphatic rings. The Balaban J connectivity index is 0.00000232. The van der Waals surface area contributed by atoms with Crippen LogP contribution in [0.3, 0.4) is 0 Å². The molecule has 2 N–H and O–H groups in total. The number of nitrogens with zero attached hydrogens (tertiary/aromatic N) is 2. The molecule has 1 aliphatic heterocycles. The van der Waals surface area contributed by atoms with Gasteiger partial charge in [-0.3, -0.25) is 14.6 Å². The van der Waals surface area contributed by atoms with Gasteiger partial charge in [-0.1, -0.05) is 6.08 Å². The molecule has 23 heavy (non-hydrogen) atoms. The molecule has 0 aliphatic carbocycles. The van der Waals surface area contributed by atoms with Crippen molar-refractivity contribution in [2.24, 2.45) is 0 Å². The molecular weight excluding hydrogens is 298 g/mol. The van der Waals surface area contributed by atoms with Gasteiger partial charge in [0.2, 0.25) is 0 Å². The minimum atomic E-state index is -0.454. The number of rotatable bonds is 6. The van der Waals surface area contributed by atoms with E-state index in [-0.39, 0.29) is 6.09 Å². The Morgan fingerprint density at radius 1 is 1.17 bits per heavy atom. The summed E-state index contributed by atoms with van der Waals surface area (Å²) in [6.45, 7) is 11.7. The smallest absolute Gasteiger partial charge is 0.407 e. The molecule has 1 saturated heterocycles. The van der Waals surface area contributed by atoms with Crippen molar-refractivity contribution in [3.63, 3.8) is 0 Å². The first-order valence-electron chi connectivity index (χ1n) is 7.87. The van der Waals surface area contributed by atoms with E-state index in [1.807, 2.05) is 26.8 Å². The van der Waals surface area contributed by atoms with Crippen LogP contribution in [-0.4, -0.2) is 85.8 Å². The van der Waals surface area contributed by atoms with Crippen molar-refractivity contribution in [3.05, 3.63) is 12.2 Å². The number of hydrogen-bond donors (Lipinski definition) is 2. The number of carbonyl (C=O) groups excluding carboxylic acids is 2. The third-order valence-electron chi connectivity index (χ3n) is 3.14. The van der Waals surface area contributed by atoms with Crippen LogP contribution in [0.1, 0.15) is 20.8 Å². The number of aldehydes is 1. The van der Waals surface area contributed by atoms with Crippen LogP contribution in [0.2, 0.25) is 0 Å². The Bertz CT molecular complexity index is 359. The molecule has 0 unspecified atom stereocenters. The molecule has 134 valence electrons. The van der Waals surface area contributed by atoms with Gasteiger partial charge in [0.25, 0.3) is 0 Å². The molecule has 1 heterocycles. The summed E-state index contributed by atoms with van der Waals surface area (Å²) in [5.74, 6) is 0. The van der Waals surface area contributed by atoms with Gasteiger partial charge in [0.15, 0.2) is 0 Å². The Labute approximate surface area is 139 Å². The lowest BCUT2D eigenvalue weighted by Gasteiger charge is -2.34. The lowest BCUT2D eigenvalue weighted by molar-refractivity contribution is -0.104. The van der Waals surface area contributed by atoms with Gasteiger partial charge in [-0.2, -0.15) is 0 Å². The fourth-order valence-electron chi connectivity index (χ4n) is 2.09. The molecule has 1 rings (SSSR count). The topological polar surface area (TPSA) is 82.1 Å². The van der Waals surface area contributed by atoms with E-state index < -0.39 is 5.60 Å². The maximum Gasteiger partial charge on any atom is 0.407 e. The summed E-state index contributed by atoms with van der Waals surface area (Å²) in [7, 11) is 1.00. The molecule has 7 heteroatoms. The van der Waals surface area contributed by atoms with Crippen LogP contribution in [0.15, 0.2) is 12.2 Å². The number of hydrogen-bond acceptors (Lipinski definition) is 6. The second-order valence-corrected chi connectivity index (χ2v) is 6.14. The van der Waals surface area contributed by atoms with E-state index in [0.29, 0.717) is 6.54 Å². The second-order valence-electron chi connectivity index (χ2n) is 6.14. The summed E-state index contributed by atoms with van der Waals surface area (Å²) in [6, 6.07) is 0. The molecule has 0 aromatic carbocycles. The molecule has 0 bridgehead atoms. The lowest BCUT2D eigenvalue weighted by atomic mass is 10.2. The van der Waals surface area contributed by atoms with Crippen LogP contribution < -0.4 is 5.32 Å². The number of alkyl carbamates (subject to hydrolysis) is 1. The van der Waals surface area contributed by atoms with E-state index >= 15 is 0 Å². The van der Waals surface area contributed by atoms with Gasteiger partial charge >= 0.3 is 6.09 Å². The van der Waals surface area contributed by atoms with Crippen molar-refractivity contribution in [1.82, 2.24) is 15.1 Å². The standard InChI is InChI=1S/C15H27N3O3.CH4O/c1-15(2,3)21-14(20)16-6-8-18-11-9-17(10-12-18)7-4-5-13-19;1-2/h4-5,13H,6-12H2,1-3H3,(H,16,20);2H,1H3/b5-4+;. The van der Waals surface area contributed by atoms with E-state index in [4.69, 9.17) is 9.84 Å². The Morgan fingerprint density at radius 2 is 1.74 bits per heavy atom. The van der Waals surface area contributed by atoms with E-state index in [1.165, 1.54) is 6.08 Å². The summed E-state index contributed by atoms with van der Waals surface area (Å²) < 4.78 is 5.19. The quantitative estimate of drug-likeness (QED) is 0.545. The molecular formula is C16H31N3O4. The summed E-state index contributed by atoms with van der Waals surface area (Å²) in [5, 5.41) is 9.77. The SMILES string of the molecule is CC(C)(C)OC(=O)NCCN1CCN(C/C=C/C=O)CC1.CO. The van der Waals surface area contributed by atoms with Gasteiger partial charge in [0.1, 0.15) is 11.9 Å². The molecule has 0 saturated carbocycles. The summed E-state index contributed by atoms with van der Waals surface area (Å²) in [5.41, 5.74) is -0.454. The third-order valence-corrected chi connectivity index (χ3v) is 3.14. The Hall–Kier alpha value is -1.44. The Morgan fingerprint density at radius 3 is 2.26 bits per heavy atom. The fourth-order valence-corrected chi connectivity index (χ4v) is 2.09. The molecule has 0 atom stereocenters. The lowest BCUT2D eigenvalue weighted by Crippen LogP contribution is -2.48. The predicted octanol–water partition coefficient (Wildman–Crippen LogP) is 0.492. The monoisotopic (exact) mass is 329 g/mol. The Kier molecular flexibility index (Phi) is 11.3. The maximum atomic E-state index is 11.5. The largest absolute Gasteiger partial charge is 0.444 e. The number of carbonyl (C=O) groups is 2. The summed E-state index contributed by atoms with van der Waals surface area (Å²) >= 11 is 0. The van der Waals surface area contributed by atoms with E-state index in [2.05, 4.69) is 15.1 Å². The highest BCUT2D eigenvalue weighted by atomic mass is 16.6. The van der Waals surface area contributed by atoms with Crippen molar-refractivity contribution in [2.45, 2.75) is 26.4 Å². The number of amides is 1. The van der Waals surface area contributed by atoms with Crippen molar-refractivity contribution in [2.75, 3.05) is 52.9 Å². The average Bonchev–Trinajstić information content (AvgIpc) is 2.49. The fraction of sp³-hybridized carbons (Fsp3) is 0.750. The van der Waals surface area contributed by atoms with Crippen molar-refractivity contribution in [1.29, 1.82) is 0 Å². The van der Waals surface area contributed by atoms with Crippen LogP contribution in [0.5, 0.6) is 0 Å². The number of aliphatic hydroxyl groups is 1. The highest BCUT2D eigenvalue weighted by Gasteiger charge is 2.17. The van der Waals surface area contributed by atoms with E-state index in [0.717, 1.165) is 52.7 Å². The van der Waals surface area contributed by atoms with Crippen LogP contribution in [0.25, 0.3) is 0 Å². The van der Waals surface area contributed by atoms with Crippen LogP contribution in [0.4, 0.5) is 4.79 Å². The van der Waals surface area contributed by atoms with E-state index in [1.54, 1.807) is 0 Å². The van der Waals surface area contributed by atoms with Crippen molar-refractivity contribution < 1.29 is 19.4 Å². The number of piperazine rings is 1. The van der Waals surface area contributed by atoms with Gasteiger partial charge in [-0.15, -0.1) is 0 Å². The first kappa shape index (κ1) is 21.6. The normalized spacial score (nSPS) is 16.6. The minimum absolute atomic E-state index is 0.361. The van der Waals surface area contributed by atoms with Crippen molar-refractivity contribution in [3.8, 4) is 0 Å². The van der Waals surface area contributed by atoms with Crippen molar-refractivity contribution >= 4 is 12.4 Å². The molecule has 0 spiro atoms. The number of ether oxygens (including phenoxy) is 1. The number of aliphatic hydroxyl groups excluding tert-OH is 1. The van der Waals surface area contributed by atoms with Crippen LogP contribution in [-0.2, 0) is 9.53 Å². The zero-order valence-corrected chi connectivity index (χ0v) is 14.7. The van der Waals surface area contributed by atoms with Gasteiger partial charge in [-0.25, -0.2) is 4.79 Å².